The van der Waals surface area contributed by atoms with Crippen LogP contribution >= 0.6 is 0 Å². The van der Waals surface area contributed by atoms with Gasteiger partial charge in [-0.05, 0) is 48.7 Å². The van der Waals surface area contributed by atoms with Gasteiger partial charge in [0.05, 0.1) is 34.9 Å². The molecular weight excluding hydrogens is 412 g/mol. The van der Waals surface area contributed by atoms with Gasteiger partial charge in [-0.15, -0.1) is 0 Å². The Kier molecular flexibility index (Phi) is 6.92. The van der Waals surface area contributed by atoms with E-state index in [4.69, 9.17) is 0 Å². The topological polar surface area (TPSA) is 97.2 Å². The van der Waals surface area contributed by atoms with Crippen molar-refractivity contribution in [3.8, 4) is 6.07 Å². The Bertz CT molecular complexity index is 1160. The van der Waals surface area contributed by atoms with Gasteiger partial charge in [-0.3, -0.25) is 4.79 Å². The summed E-state index contributed by atoms with van der Waals surface area (Å²) in [6.07, 6.45) is 0.781. The fourth-order valence-corrected chi connectivity index (χ4v) is 4.29. The zero-order valence-corrected chi connectivity index (χ0v) is 18.6. The highest BCUT2D eigenvalue weighted by atomic mass is 16.4. The lowest BCUT2D eigenvalue weighted by Crippen LogP contribution is -2.44. The molecule has 0 aromatic heterocycles. The lowest BCUT2D eigenvalue weighted by molar-refractivity contribution is -0.138. The summed E-state index contributed by atoms with van der Waals surface area (Å²) in [5.74, 6) is -1.34. The summed E-state index contributed by atoms with van der Waals surface area (Å²) in [7, 11) is 0. The molecule has 0 saturated heterocycles. The largest absolute Gasteiger partial charge is 0.481 e. The maximum atomic E-state index is 11.3. The number of hydrogen-bond donors (Lipinski definition) is 4. The van der Waals surface area contributed by atoms with Gasteiger partial charge >= 0.3 is 5.97 Å². The monoisotopic (exact) mass is 440 g/mol. The van der Waals surface area contributed by atoms with E-state index in [0.29, 0.717) is 5.56 Å². The van der Waals surface area contributed by atoms with E-state index in [1.54, 1.807) is 6.92 Å². The van der Waals surface area contributed by atoms with E-state index in [1.165, 1.54) is 5.56 Å². The zero-order chi connectivity index (χ0) is 23.2. The molecule has 1 aliphatic heterocycles. The molecule has 3 aromatic carbocycles. The predicted molar refractivity (Wildman–Crippen MR) is 130 cm³/mol. The molecule has 0 saturated carbocycles. The molecule has 1 heterocycles. The van der Waals surface area contributed by atoms with Crippen molar-refractivity contribution < 1.29 is 9.90 Å². The van der Waals surface area contributed by atoms with Crippen molar-refractivity contribution in [2.24, 2.45) is 0 Å². The number of carboxylic acid groups (broad SMARTS) is 1. The summed E-state index contributed by atoms with van der Waals surface area (Å²) in [6.45, 7) is 3.16. The fourth-order valence-electron chi connectivity index (χ4n) is 4.29. The normalized spacial score (nSPS) is 16.4. The van der Waals surface area contributed by atoms with Gasteiger partial charge in [0.25, 0.3) is 0 Å². The van der Waals surface area contributed by atoms with Crippen molar-refractivity contribution >= 4 is 17.3 Å². The highest BCUT2D eigenvalue weighted by Gasteiger charge is 2.28. The summed E-state index contributed by atoms with van der Waals surface area (Å²) in [6, 6.07) is 26.1. The maximum Gasteiger partial charge on any atom is 0.310 e. The van der Waals surface area contributed by atoms with Crippen LogP contribution in [0.2, 0.25) is 0 Å². The number of rotatable bonds is 8. The summed E-state index contributed by atoms with van der Waals surface area (Å²) in [5.41, 5.74) is 5.50. The molecule has 0 radical (unpaired) electrons. The number of nitrogens with one attached hydrogen (secondary N) is 3. The lowest BCUT2D eigenvalue weighted by atomic mass is 9.95. The number of fused-ring (bicyclic) bond motifs is 1. The number of benzene rings is 3. The molecule has 33 heavy (non-hydrogen) atoms. The average molecular weight is 441 g/mol. The summed E-state index contributed by atoms with van der Waals surface area (Å²) < 4.78 is 0. The molecule has 1 aliphatic rings. The van der Waals surface area contributed by atoms with Gasteiger partial charge in [0, 0.05) is 6.54 Å². The van der Waals surface area contributed by atoms with Crippen molar-refractivity contribution in [3.05, 3.63) is 95.1 Å². The van der Waals surface area contributed by atoms with E-state index in [-0.39, 0.29) is 12.1 Å². The standard InChI is InChI=1S/C27H28N4O2/c1-18(27(32)33)21-10-5-7-19(15-21)13-14-29-25(20-8-3-2-4-9-20)24-17-30-23-12-6-11-22(16-28)26(23)31-24/h2-12,15,18,24-25,29-31H,13-14,17H2,1H3,(H,32,33)/t18?,24-,25-/m1/s1. The van der Waals surface area contributed by atoms with Gasteiger partial charge < -0.3 is 21.1 Å². The number of aliphatic carboxylic acids is 1. The Morgan fingerprint density at radius 2 is 1.88 bits per heavy atom. The van der Waals surface area contributed by atoms with E-state index < -0.39 is 11.9 Å². The lowest BCUT2D eigenvalue weighted by Gasteiger charge is -2.35. The van der Waals surface area contributed by atoms with E-state index in [1.807, 2.05) is 60.7 Å². The van der Waals surface area contributed by atoms with Crippen molar-refractivity contribution in [1.29, 1.82) is 5.26 Å². The van der Waals surface area contributed by atoms with Gasteiger partial charge in [-0.1, -0.05) is 60.7 Å². The Hall–Kier alpha value is -3.82. The minimum absolute atomic E-state index is 0.0275. The number of anilines is 2. The molecule has 3 atom stereocenters. The second kappa shape index (κ2) is 10.2. The molecule has 3 aromatic rings. The first-order valence-corrected chi connectivity index (χ1v) is 11.2. The van der Waals surface area contributed by atoms with Crippen LogP contribution in [0.15, 0.2) is 72.8 Å². The molecule has 0 spiro atoms. The van der Waals surface area contributed by atoms with E-state index in [9.17, 15) is 15.2 Å². The van der Waals surface area contributed by atoms with Gasteiger partial charge in [0.2, 0.25) is 0 Å². The first-order valence-electron chi connectivity index (χ1n) is 11.2. The molecule has 168 valence electrons. The predicted octanol–water partition coefficient (Wildman–Crippen LogP) is 4.53. The van der Waals surface area contributed by atoms with Crippen LogP contribution < -0.4 is 16.0 Å². The zero-order valence-electron chi connectivity index (χ0n) is 18.6. The van der Waals surface area contributed by atoms with Gasteiger partial charge in [-0.25, -0.2) is 0 Å². The SMILES string of the molecule is CC(C(=O)O)c1cccc(CCN[C@H](c2ccccc2)[C@H]2CNc3cccc(C#N)c3N2)c1. The molecule has 1 unspecified atom stereocenters. The minimum Gasteiger partial charge on any atom is -0.481 e. The van der Waals surface area contributed by atoms with Crippen LogP contribution in [-0.4, -0.2) is 30.2 Å². The van der Waals surface area contributed by atoms with Crippen LogP contribution in [0.1, 0.15) is 41.1 Å². The quantitative estimate of drug-likeness (QED) is 0.411. The first kappa shape index (κ1) is 22.4. The Morgan fingerprint density at radius 1 is 1.12 bits per heavy atom. The third kappa shape index (κ3) is 5.16. The highest BCUT2D eigenvalue weighted by molar-refractivity contribution is 5.77. The van der Waals surface area contributed by atoms with E-state index in [0.717, 1.165) is 42.0 Å². The summed E-state index contributed by atoms with van der Waals surface area (Å²) in [5, 5.41) is 29.6. The molecule has 6 nitrogen and oxygen atoms in total. The van der Waals surface area contributed by atoms with Crippen LogP contribution in [0.25, 0.3) is 0 Å². The molecular formula is C27H28N4O2. The molecule has 4 N–H and O–H groups in total. The number of carboxylic acids is 1. The van der Waals surface area contributed by atoms with Crippen molar-refractivity contribution in [1.82, 2.24) is 5.32 Å². The molecule has 0 fully saturated rings. The van der Waals surface area contributed by atoms with Crippen molar-refractivity contribution in [3.63, 3.8) is 0 Å². The summed E-state index contributed by atoms with van der Waals surface area (Å²) in [4.78, 5) is 11.3. The second-order valence-electron chi connectivity index (χ2n) is 8.37. The molecule has 4 rings (SSSR count). The highest BCUT2D eigenvalue weighted by Crippen LogP contribution is 2.33. The number of para-hydroxylation sites is 1. The van der Waals surface area contributed by atoms with Crippen molar-refractivity contribution in [2.45, 2.75) is 31.3 Å². The van der Waals surface area contributed by atoms with Crippen LogP contribution in [0.4, 0.5) is 11.4 Å². The Labute approximate surface area is 194 Å². The van der Waals surface area contributed by atoms with Gasteiger partial charge in [0.1, 0.15) is 6.07 Å². The van der Waals surface area contributed by atoms with Gasteiger partial charge in [0.15, 0.2) is 0 Å². The Balaban J connectivity index is 1.50. The smallest absolute Gasteiger partial charge is 0.310 e. The number of nitriles is 1. The fraction of sp³-hybridized carbons (Fsp3) is 0.259. The number of carbonyl (C=O) groups is 1. The Morgan fingerprint density at radius 3 is 2.64 bits per heavy atom. The molecule has 0 bridgehead atoms. The second-order valence-corrected chi connectivity index (χ2v) is 8.37. The number of nitrogens with zero attached hydrogens (tertiary/aromatic N) is 1. The average Bonchev–Trinajstić information content (AvgIpc) is 2.86. The van der Waals surface area contributed by atoms with Crippen LogP contribution in [0.5, 0.6) is 0 Å². The van der Waals surface area contributed by atoms with Crippen LogP contribution in [0, 0.1) is 11.3 Å². The van der Waals surface area contributed by atoms with Gasteiger partial charge in [-0.2, -0.15) is 5.26 Å². The van der Waals surface area contributed by atoms with Crippen molar-refractivity contribution in [2.75, 3.05) is 23.7 Å². The molecule has 0 aliphatic carbocycles. The number of hydrogen-bond acceptors (Lipinski definition) is 5. The van der Waals surface area contributed by atoms with Crippen LogP contribution in [-0.2, 0) is 11.2 Å². The molecule has 0 amide bonds. The van der Waals surface area contributed by atoms with E-state index in [2.05, 4.69) is 34.2 Å². The third-order valence-corrected chi connectivity index (χ3v) is 6.19. The van der Waals surface area contributed by atoms with E-state index >= 15 is 0 Å². The molecule has 6 heteroatoms. The summed E-state index contributed by atoms with van der Waals surface area (Å²) >= 11 is 0. The minimum atomic E-state index is -0.817. The third-order valence-electron chi connectivity index (χ3n) is 6.19. The van der Waals surface area contributed by atoms with Crippen LogP contribution in [0.3, 0.4) is 0 Å². The maximum absolute atomic E-state index is 11.3. The first-order chi connectivity index (χ1) is 16.1.